The molecule has 25 heavy (non-hydrogen) atoms. The predicted molar refractivity (Wildman–Crippen MR) is 101 cm³/mol. The Bertz CT molecular complexity index is 902. The molecule has 1 amide bonds. The van der Waals surface area contributed by atoms with Crippen LogP contribution < -0.4 is 10.1 Å². The minimum Gasteiger partial charge on any atom is -0.467 e. The number of rotatable bonds is 5. The maximum atomic E-state index is 12.2. The Morgan fingerprint density at radius 3 is 2.76 bits per heavy atom. The van der Waals surface area contributed by atoms with Crippen LogP contribution in [0.5, 0.6) is 5.88 Å². The van der Waals surface area contributed by atoms with Crippen molar-refractivity contribution in [3.63, 3.8) is 0 Å². The average Bonchev–Trinajstić information content (AvgIpc) is 2.60. The summed E-state index contributed by atoms with van der Waals surface area (Å²) < 4.78 is 6.48. The zero-order chi connectivity index (χ0) is 17.8. The molecule has 128 valence electrons. The van der Waals surface area contributed by atoms with E-state index in [-0.39, 0.29) is 18.6 Å². The van der Waals surface area contributed by atoms with Crippen LogP contribution in [0.25, 0.3) is 10.9 Å². The van der Waals surface area contributed by atoms with E-state index in [0.29, 0.717) is 10.9 Å². The molecule has 7 heteroatoms. The Balaban J connectivity index is 1.64. The number of fused-ring (bicyclic) bond motifs is 1. The number of benzene rings is 2. The van der Waals surface area contributed by atoms with Crippen LogP contribution in [-0.4, -0.2) is 22.5 Å². The predicted octanol–water partition coefficient (Wildman–Crippen LogP) is 4.30. The quantitative estimate of drug-likeness (QED) is 0.668. The zero-order valence-corrected chi connectivity index (χ0v) is 15.7. The lowest BCUT2D eigenvalue weighted by Crippen LogP contribution is -2.31. The number of carbonyl (C=O) groups excluding carboxylic acids is 1. The van der Waals surface area contributed by atoms with E-state index in [4.69, 9.17) is 16.3 Å². The monoisotopic (exact) mass is 419 g/mol. The van der Waals surface area contributed by atoms with Gasteiger partial charge in [0.2, 0.25) is 5.88 Å². The average molecular weight is 421 g/mol. The SMILES string of the molecule is CC(NC(=O)COc1ncnc2ccc(Br)cc12)c1ccc(Cl)cc1. The molecular formula is C18H15BrClN3O2. The molecular weight excluding hydrogens is 406 g/mol. The van der Waals surface area contributed by atoms with Crippen molar-refractivity contribution in [3.8, 4) is 5.88 Å². The van der Waals surface area contributed by atoms with Crippen molar-refractivity contribution in [2.75, 3.05) is 6.61 Å². The van der Waals surface area contributed by atoms with Gasteiger partial charge in [-0.3, -0.25) is 4.79 Å². The van der Waals surface area contributed by atoms with Gasteiger partial charge in [-0.25, -0.2) is 9.97 Å². The molecule has 0 bridgehead atoms. The van der Waals surface area contributed by atoms with Gasteiger partial charge in [-0.15, -0.1) is 0 Å². The lowest BCUT2D eigenvalue weighted by atomic mass is 10.1. The molecule has 1 aromatic heterocycles. The Labute approximate surface area is 158 Å². The van der Waals surface area contributed by atoms with Crippen LogP contribution in [0, 0.1) is 0 Å². The minimum atomic E-state index is -0.232. The fourth-order valence-electron chi connectivity index (χ4n) is 2.37. The molecule has 1 atom stereocenters. The molecule has 0 aliphatic carbocycles. The molecule has 0 saturated heterocycles. The number of nitrogens with zero attached hydrogens (tertiary/aromatic N) is 2. The zero-order valence-electron chi connectivity index (χ0n) is 13.4. The van der Waals surface area contributed by atoms with Crippen molar-refractivity contribution in [2.45, 2.75) is 13.0 Å². The first-order valence-electron chi connectivity index (χ1n) is 7.61. The topological polar surface area (TPSA) is 64.1 Å². The summed E-state index contributed by atoms with van der Waals surface area (Å²) in [6, 6.07) is 12.8. The third-order valence-electron chi connectivity index (χ3n) is 3.65. The number of ether oxygens (including phenoxy) is 1. The Hall–Kier alpha value is -2.18. The molecule has 0 aliphatic heterocycles. The van der Waals surface area contributed by atoms with Gasteiger partial charge in [0.05, 0.1) is 16.9 Å². The standard InChI is InChI=1S/C18H15BrClN3O2/c1-11(12-2-5-14(20)6-3-12)23-17(24)9-25-18-15-8-13(19)4-7-16(15)21-10-22-18/h2-8,10-11H,9H2,1H3,(H,23,24). The van der Waals surface area contributed by atoms with Crippen molar-refractivity contribution in [3.05, 3.63) is 63.9 Å². The Morgan fingerprint density at radius 1 is 1.24 bits per heavy atom. The summed E-state index contributed by atoms with van der Waals surface area (Å²) in [6.45, 7) is 1.77. The number of amides is 1. The highest BCUT2D eigenvalue weighted by Gasteiger charge is 2.12. The summed E-state index contributed by atoms with van der Waals surface area (Å²) >= 11 is 9.29. The maximum absolute atomic E-state index is 12.2. The molecule has 5 nitrogen and oxygen atoms in total. The van der Waals surface area contributed by atoms with Gasteiger partial charge in [0, 0.05) is 9.50 Å². The number of aromatic nitrogens is 2. The fourth-order valence-corrected chi connectivity index (χ4v) is 2.86. The van der Waals surface area contributed by atoms with E-state index in [1.54, 1.807) is 12.1 Å². The molecule has 0 spiro atoms. The van der Waals surface area contributed by atoms with Crippen LogP contribution in [0.2, 0.25) is 5.02 Å². The van der Waals surface area contributed by atoms with Crippen molar-refractivity contribution in [2.24, 2.45) is 0 Å². The van der Waals surface area contributed by atoms with Gasteiger partial charge in [0.15, 0.2) is 6.61 Å². The van der Waals surface area contributed by atoms with Crippen molar-refractivity contribution < 1.29 is 9.53 Å². The van der Waals surface area contributed by atoms with E-state index < -0.39 is 0 Å². The molecule has 2 aromatic carbocycles. The summed E-state index contributed by atoms with van der Waals surface area (Å²) in [5.41, 5.74) is 1.72. The van der Waals surface area contributed by atoms with Crippen LogP contribution in [0.3, 0.4) is 0 Å². The van der Waals surface area contributed by atoms with E-state index in [2.05, 4.69) is 31.2 Å². The molecule has 0 fully saturated rings. The fraction of sp³-hybridized carbons (Fsp3) is 0.167. The van der Waals surface area contributed by atoms with E-state index in [9.17, 15) is 4.79 Å². The molecule has 1 heterocycles. The van der Waals surface area contributed by atoms with Crippen LogP contribution >= 0.6 is 27.5 Å². The normalized spacial score (nSPS) is 12.0. The molecule has 0 radical (unpaired) electrons. The van der Waals surface area contributed by atoms with Crippen LogP contribution in [0.4, 0.5) is 0 Å². The summed E-state index contributed by atoms with van der Waals surface area (Å²) in [7, 11) is 0. The number of hydrogen-bond donors (Lipinski definition) is 1. The number of hydrogen-bond acceptors (Lipinski definition) is 4. The third kappa shape index (κ3) is 4.46. The van der Waals surface area contributed by atoms with Gasteiger partial charge < -0.3 is 10.1 Å². The van der Waals surface area contributed by atoms with E-state index in [1.165, 1.54) is 6.33 Å². The van der Waals surface area contributed by atoms with Gasteiger partial charge in [-0.2, -0.15) is 0 Å². The minimum absolute atomic E-state index is 0.128. The summed E-state index contributed by atoms with van der Waals surface area (Å²) in [5.74, 6) is 0.143. The highest BCUT2D eigenvalue weighted by Crippen LogP contribution is 2.24. The van der Waals surface area contributed by atoms with Gasteiger partial charge >= 0.3 is 0 Å². The number of carbonyl (C=O) groups is 1. The second-order valence-corrected chi connectivity index (χ2v) is 6.82. The van der Waals surface area contributed by atoms with Gasteiger partial charge in [-0.1, -0.05) is 39.7 Å². The first-order valence-corrected chi connectivity index (χ1v) is 8.78. The van der Waals surface area contributed by atoms with Gasteiger partial charge in [0.25, 0.3) is 5.91 Å². The second kappa shape index (κ2) is 7.80. The Morgan fingerprint density at radius 2 is 2.00 bits per heavy atom. The van der Waals surface area contributed by atoms with Crippen LogP contribution in [0.15, 0.2) is 53.3 Å². The van der Waals surface area contributed by atoms with Crippen molar-refractivity contribution in [1.29, 1.82) is 0 Å². The van der Waals surface area contributed by atoms with E-state index >= 15 is 0 Å². The molecule has 3 aromatic rings. The van der Waals surface area contributed by atoms with Crippen LogP contribution in [-0.2, 0) is 4.79 Å². The summed E-state index contributed by atoms with van der Waals surface area (Å²) in [6.07, 6.45) is 1.42. The lowest BCUT2D eigenvalue weighted by Gasteiger charge is -2.15. The summed E-state index contributed by atoms with van der Waals surface area (Å²) in [5, 5.41) is 4.29. The Kier molecular flexibility index (Phi) is 5.50. The number of halogens is 2. The lowest BCUT2D eigenvalue weighted by molar-refractivity contribution is -0.123. The highest BCUT2D eigenvalue weighted by atomic mass is 79.9. The highest BCUT2D eigenvalue weighted by molar-refractivity contribution is 9.10. The molecule has 0 saturated carbocycles. The van der Waals surface area contributed by atoms with Gasteiger partial charge in [-0.05, 0) is 42.8 Å². The van der Waals surface area contributed by atoms with E-state index in [1.807, 2.05) is 37.3 Å². The largest absolute Gasteiger partial charge is 0.467 e. The van der Waals surface area contributed by atoms with Crippen molar-refractivity contribution in [1.82, 2.24) is 15.3 Å². The first kappa shape index (κ1) is 17.6. The molecule has 0 aliphatic rings. The van der Waals surface area contributed by atoms with Crippen molar-refractivity contribution >= 4 is 44.3 Å². The third-order valence-corrected chi connectivity index (χ3v) is 4.39. The number of nitrogens with one attached hydrogen (secondary N) is 1. The molecule has 1 unspecified atom stereocenters. The van der Waals surface area contributed by atoms with Crippen LogP contribution in [0.1, 0.15) is 18.5 Å². The van der Waals surface area contributed by atoms with Gasteiger partial charge in [0.1, 0.15) is 6.33 Å². The maximum Gasteiger partial charge on any atom is 0.258 e. The molecule has 3 rings (SSSR count). The molecule has 1 N–H and O–H groups in total. The first-order chi connectivity index (χ1) is 12.0. The smallest absolute Gasteiger partial charge is 0.258 e. The van der Waals surface area contributed by atoms with E-state index in [0.717, 1.165) is 20.9 Å². The summed E-state index contributed by atoms with van der Waals surface area (Å²) in [4.78, 5) is 20.5. The second-order valence-electron chi connectivity index (χ2n) is 5.47.